The molecule has 0 amide bonds. The topological polar surface area (TPSA) is 78.4 Å². The predicted octanol–water partition coefficient (Wildman–Crippen LogP) is 1.71. The molecule has 0 aromatic carbocycles. The number of likely N-dealkylation sites (tertiary alicyclic amines) is 1. The van der Waals surface area contributed by atoms with Crippen LogP contribution in [0.2, 0.25) is 0 Å². The third-order valence-corrected chi connectivity index (χ3v) is 3.81. The van der Waals surface area contributed by atoms with Crippen LogP contribution in [0.3, 0.4) is 0 Å². The maximum Gasteiger partial charge on any atom is 0.338 e. The van der Waals surface area contributed by atoms with E-state index in [0.29, 0.717) is 5.95 Å². The first kappa shape index (κ1) is 14.7. The van der Waals surface area contributed by atoms with E-state index in [1.165, 1.54) is 44.7 Å². The molecule has 20 heavy (non-hydrogen) atoms. The van der Waals surface area contributed by atoms with Gasteiger partial charge in [-0.15, -0.1) is 0 Å². The zero-order chi connectivity index (χ0) is 14.4. The number of hydrogen-bond donors (Lipinski definition) is 2. The van der Waals surface area contributed by atoms with Gasteiger partial charge in [-0.25, -0.2) is 14.8 Å². The van der Waals surface area contributed by atoms with Crippen molar-refractivity contribution in [1.29, 1.82) is 0 Å². The van der Waals surface area contributed by atoms with Gasteiger partial charge in [-0.05, 0) is 51.7 Å². The first-order valence-electron chi connectivity index (χ1n) is 7.13. The number of rotatable bonds is 6. The van der Waals surface area contributed by atoms with E-state index in [4.69, 9.17) is 5.11 Å². The lowest BCUT2D eigenvalue weighted by Gasteiger charge is -2.28. The Hall–Kier alpha value is -1.69. The van der Waals surface area contributed by atoms with Gasteiger partial charge >= 0.3 is 5.97 Å². The molecule has 0 atom stereocenters. The Morgan fingerprint density at radius 3 is 2.65 bits per heavy atom. The third kappa shape index (κ3) is 4.45. The number of nitrogens with one attached hydrogen (secondary N) is 1. The fourth-order valence-electron chi connectivity index (χ4n) is 2.47. The van der Waals surface area contributed by atoms with Gasteiger partial charge in [-0.3, -0.25) is 0 Å². The SMILES string of the molecule is CN1CCC(CCCNc2ncc(C(=O)O)cn2)CC1. The van der Waals surface area contributed by atoms with Crippen LogP contribution in [0.1, 0.15) is 36.0 Å². The lowest BCUT2D eigenvalue weighted by atomic mass is 9.92. The van der Waals surface area contributed by atoms with Crippen molar-refractivity contribution >= 4 is 11.9 Å². The van der Waals surface area contributed by atoms with Gasteiger partial charge in [0.1, 0.15) is 0 Å². The molecule has 0 bridgehead atoms. The van der Waals surface area contributed by atoms with Gasteiger partial charge in [0.05, 0.1) is 5.56 Å². The molecule has 1 aromatic heterocycles. The van der Waals surface area contributed by atoms with Crippen molar-refractivity contribution in [2.45, 2.75) is 25.7 Å². The van der Waals surface area contributed by atoms with E-state index < -0.39 is 5.97 Å². The quantitative estimate of drug-likeness (QED) is 0.771. The van der Waals surface area contributed by atoms with Gasteiger partial charge in [0.15, 0.2) is 0 Å². The normalized spacial score (nSPS) is 17.1. The molecule has 1 aliphatic heterocycles. The predicted molar refractivity (Wildman–Crippen MR) is 76.9 cm³/mol. The van der Waals surface area contributed by atoms with Crippen LogP contribution in [-0.4, -0.2) is 52.6 Å². The second-order valence-corrected chi connectivity index (χ2v) is 5.42. The van der Waals surface area contributed by atoms with Crippen LogP contribution in [0, 0.1) is 5.92 Å². The van der Waals surface area contributed by atoms with Crippen LogP contribution in [0.25, 0.3) is 0 Å². The average molecular weight is 278 g/mol. The fraction of sp³-hybridized carbons (Fsp3) is 0.643. The molecule has 0 aliphatic carbocycles. The molecule has 0 unspecified atom stereocenters. The highest BCUT2D eigenvalue weighted by atomic mass is 16.4. The third-order valence-electron chi connectivity index (χ3n) is 3.81. The maximum absolute atomic E-state index is 10.7. The van der Waals surface area contributed by atoms with Gasteiger partial charge in [-0.1, -0.05) is 0 Å². The van der Waals surface area contributed by atoms with Crippen molar-refractivity contribution in [2.24, 2.45) is 5.92 Å². The number of hydrogen-bond acceptors (Lipinski definition) is 5. The number of aromatic carboxylic acids is 1. The first-order chi connectivity index (χ1) is 9.65. The molecule has 6 heteroatoms. The van der Waals surface area contributed by atoms with Gasteiger partial charge < -0.3 is 15.3 Å². The number of aromatic nitrogens is 2. The fourth-order valence-corrected chi connectivity index (χ4v) is 2.47. The molecule has 0 saturated carbocycles. The molecule has 2 N–H and O–H groups in total. The van der Waals surface area contributed by atoms with E-state index in [9.17, 15) is 4.79 Å². The van der Waals surface area contributed by atoms with E-state index >= 15 is 0 Å². The molecular weight excluding hydrogens is 256 g/mol. The van der Waals surface area contributed by atoms with E-state index in [2.05, 4.69) is 27.2 Å². The number of carbonyl (C=O) groups is 1. The summed E-state index contributed by atoms with van der Waals surface area (Å²) >= 11 is 0. The number of carboxylic acids is 1. The minimum absolute atomic E-state index is 0.113. The van der Waals surface area contributed by atoms with Crippen LogP contribution < -0.4 is 5.32 Å². The number of anilines is 1. The molecule has 1 aromatic rings. The van der Waals surface area contributed by atoms with Crippen molar-refractivity contribution in [3.05, 3.63) is 18.0 Å². The molecule has 0 spiro atoms. The second kappa shape index (κ2) is 7.19. The van der Waals surface area contributed by atoms with Crippen LogP contribution in [-0.2, 0) is 0 Å². The summed E-state index contributed by atoms with van der Waals surface area (Å²) in [6, 6.07) is 0. The average Bonchev–Trinajstić information content (AvgIpc) is 2.46. The van der Waals surface area contributed by atoms with Crippen molar-refractivity contribution < 1.29 is 9.90 Å². The van der Waals surface area contributed by atoms with E-state index in [1.54, 1.807) is 0 Å². The van der Waals surface area contributed by atoms with Gasteiger partial charge in [-0.2, -0.15) is 0 Å². The van der Waals surface area contributed by atoms with Crippen molar-refractivity contribution in [3.8, 4) is 0 Å². The number of nitrogens with zero attached hydrogens (tertiary/aromatic N) is 3. The van der Waals surface area contributed by atoms with E-state index in [1.807, 2.05) is 0 Å². The summed E-state index contributed by atoms with van der Waals surface area (Å²) in [5.41, 5.74) is 0.113. The molecule has 0 radical (unpaired) electrons. The Morgan fingerprint density at radius 1 is 1.40 bits per heavy atom. The minimum atomic E-state index is -1.00. The summed E-state index contributed by atoms with van der Waals surface area (Å²) in [6.45, 7) is 3.24. The minimum Gasteiger partial charge on any atom is -0.478 e. The molecule has 6 nitrogen and oxygen atoms in total. The molecule has 1 saturated heterocycles. The Bertz CT molecular complexity index is 427. The zero-order valence-electron chi connectivity index (χ0n) is 11.9. The van der Waals surface area contributed by atoms with Crippen LogP contribution in [0.15, 0.2) is 12.4 Å². The lowest BCUT2D eigenvalue weighted by Crippen LogP contribution is -2.30. The summed E-state index contributed by atoms with van der Waals surface area (Å²) in [5.74, 6) is 0.334. The van der Waals surface area contributed by atoms with E-state index in [-0.39, 0.29) is 5.56 Å². The Labute approximate surface area is 119 Å². The van der Waals surface area contributed by atoms with Crippen LogP contribution in [0.4, 0.5) is 5.95 Å². The van der Waals surface area contributed by atoms with Crippen molar-refractivity contribution in [1.82, 2.24) is 14.9 Å². The Morgan fingerprint density at radius 2 is 2.05 bits per heavy atom. The molecule has 110 valence electrons. The van der Waals surface area contributed by atoms with Crippen LogP contribution in [0.5, 0.6) is 0 Å². The van der Waals surface area contributed by atoms with Gasteiger partial charge in [0.2, 0.25) is 5.95 Å². The maximum atomic E-state index is 10.7. The molecule has 1 fully saturated rings. The lowest BCUT2D eigenvalue weighted by molar-refractivity contribution is 0.0696. The monoisotopic (exact) mass is 278 g/mol. The smallest absolute Gasteiger partial charge is 0.338 e. The highest BCUT2D eigenvalue weighted by Gasteiger charge is 2.15. The van der Waals surface area contributed by atoms with Crippen molar-refractivity contribution in [3.63, 3.8) is 0 Å². The van der Waals surface area contributed by atoms with Crippen LogP contribution >= 0.6 is 0 Å². The molecule has 1 aliphatic rings. The largest absolute Gasteiger partial charge is 0.478 e. The summed E-state index contributed by atoms with van der Waals surface area (Å²) in [7, 11) is 2.18. The summed E-state index contributed by atoms with van der Waals surface area (Å²) < 4.78 is 0. The number of piperidine rings is 1. The summed E-state index contributed by atoms with van der Waals surface area (Å²) in [4.78, 5) is 21.0. The standard InChI is InChI=1S/C14H22N4O2/c1-18-7-4-11(5-8-18)3-2-6-15-14-16-9-12(10-17-14)13(19)20/h9-11H,2-8H2,1H3,(H,19,20)(H,15,16,17). The number of carboxylic acid groups (broad SMARTS) is 1. The molecule has 2 heterocycles. The van der Waals surface area contributed by atoms with Gasteiger partial charge in [0.25, 0.3) is 0 Å². The zero-order valence-corrected chi connectivity index (χ0v) is 11.9. The van der Waals surface area contributed by atoms with E-state index in [0.717, 1.165) is 18.9 Å². The Balaban J connectivity index is 1.64. The summed E-state index contributed by atoms with van der Waals surface area (Å²) in [6.07, 6.45) is 7.57. The van der Waals surface area contributed by atoms with Gasteiger partial charge in [0, 0.05) is 18.9 Å². The van der Waals surface area contributed by atoms with Crippen molar-refractivity contribution in [2.75, 3.05) is 32.0 Å². The Kier molecular flexibility index (Phi) is 5.29. The first-order valence-corrected chi connectivity index (χ1v) is 7.13. The second-order valence-electron chi connectivity index (χ2n) is 5.42. The highest BCUT2D eigenvalue weighted by Crippen LogP contribution is 2.20. The highest BCUT2D eigenvalue weighted by molar-refractivity contribution is 5.86. The molecular formula is C14H22N4O2. The molecule has 2 rings (SSSR count). The summed E-state index contributed by atoms with van der Waals surface area (Å²) in [5, 5.41) is 11.9.